The fourth-order valence-corrected chi connectivity index (χ4v) is 3.97. The first-order chi connectivity index (χ1) is 15.8. The van der Waals surface area contributed by atoms with Crippen molar-refractivity contribution in [3.05, 3.63) is 78.0 Å². The summed E-state index contributed by atoms with van der Waals surface area (Å²) in [4.78, 5) is 53.2. The summed E-state index contributed by atoms with van der Waals surface area (Å²) in [6, 6.07) is 17.1. The molecule has 0 spiro atoms. The summed E-state index contributed by atoms with van der Waals surface area (Å²) >= 11 is 0. The van der Waals surface area contributed by atoms with Crippen molar-refractivity contribution in [1.82, 2.24) is 15.1 Å². The second kappa shape index (κ2) is 10.7. The Morgan fingerprint density at radius 2 is 1.64 bits per heavy atom. The second-order valence-corrected chi connectivity index (χ2v) is 8.42. The summed E-state index contributed by atoms with van der Waals surface area (Å²) in [5.74, 6) is -1.18. The molecule has 33 heavy (non-hydrogen) atoms. The van der Waals surface area contributed by atoms with E-state index in [0.717, 1.165) is 5.56 Å². The third kappa shape index (κ3) is 5.74. The number of hydrogen-bond donors (Lipinski definition) is 1. The number of rotatable bonds is 8. The summed E-state index contributed by atoms with van der Waals surface area (Å²) in [5.41, 5.74) is 2.10. The minimum absolute atomic E-state index is 0.152. The van der Waals surface area contributed by atoms with Crippen molar-refractivity contribution in [2.24, 2.45) is 5.92 Å². The molecule has 1 aliphatic rings. The molecule has 0 fully saturated rings. The van der Waals surface area contributed by atoms with Gasteiger partial charge in [-0.3, -0.25) is 19.3 Å². The first kappa shape index (κ1) is 23.9. The van der Waals surface area contributed by atoms with Gasteiger partial charge >= 0.3 is 0 Å². The van der Waals surface area contributed by atoms with Gasteiger partial charge < -0.3 is 15.0 Å². The van der Waals surface area contributed by atoms with Crippen LogP contribution in [0.25, 0.3) is 5.70 Å². The first-order valence-corrected chi connectivity index (χ1v) is 11.0. The van der Waals surface area contributed by atoms with Gasteiger partial charge in [0.15, 0.2) is 0 Å². The van der Waals surface area contributed by atoms with Crippen LogP contribution in [0, 0.1) is 5.92 Å². The van der Waals surface area contributed by atoms with E-state index in [-0.39, 0.29) is 24.3 Å². The number of aldehydes is 1. The molecule has 2 atom stereocenters. The van der Waals surface area contributed by atoms with Crippen molar-refractivity contribution in [2.75, 3.05) is 6.54 Å². The molecule has 0 saturated carbocycles. The van der Waals surface area contributed by atoms with E-state index in [4.69, 9.17) is 0 Å². The molecule has 0 saturated heterocycles. The fraction of sp³-hybridized carbons (Fsp3) is 0.308. The van der Waals surface area contributed by atoms with Crippen LogP contribution in [0.3, 0.4) is 0 Å². The topological polar surface area (TPSA) is 86.8 Å². The van der Waals surface area contributed by atoms with Crippen LogP contribution < -0.4 is 5.32 Å². The van der Waals surface area contributed by atoms with E-state index < -0.39 is 18.0 Å². The Bertz CT molecular complexity index is 1030. The van der Waals surface area contributed by atoms with Gasteiger partial charge in [0, 0.05) is 13.1 Å². The summed E-state index contributed by atoms with van der Waals surface area (Å²) < 4.78 is 0. The van der Waals surface area contributed by atoms with Crippen molar-refractivity contribution >= 4 is 29.7 Å². The van der Waals surface area contributed by atoms with E-state index in [1.54, 1.807) is 6.20 Å². The number of amides is 3. The summed E-state index contributed by atoms with van der Waals surface area (Å²) in [7, 11) is 0. The molecular formula is C26H29N3O4. The average molecular weight is 448 g/mol. The highest BCUT2D eigenvalue weighted by Gasteiger charge is 2.40. The Kier molecular flexibility index (Phi) is 7.77. The quantitative estimate of drug-likeness (QED) is 0.631. The van der Waals surface area contributed by atoms with Crippen LogP contribution in [0.2, 0.25) is 0 Å². The van der Waals surface area contributed by atoms with E-state index in [0.29, 0.717) is 24.0 Å². The highest BCUT2D eigenvalue weighted by molar-refractivity contribution is 5.99. The molecule has 1 N–H and O–H groups in total. The van der Waals surface area contributed by atoms with E-state index in [1.165, 1.54) is 16.7 Å². The largest absolute Gasteiger partial charge is 0.345 e. The maximum absolute atomic E-state index is 13.5. The molecule has 1 unspecified atom stereocenters. The summed E-state index contributed by atoms with van der Waals surface area (Å²) in [5, 5.41) is 2.72. The van der Waals surface area contributed by atoms with Gasteiger partial charge in [0.1, 0.15) is 18.9 Å². The van der Waals surface area contributed by atoms with Gasteiger partial charge in [-0.15, -0.1) is 0 Å². The van der Waals surface area contributed by atoms with Gasteiger partial charge in [0.05, 0.1) is 11.7 Å². The minimum atomic E-state index is -0.714. The third-order valence-corrected chi connectivity index (χ3v) is 5.55. The van der Waals surface area contributed by atoms with Crippen molar-refractivity contribution in [3.8, 4) is 0 Å². The van der Waals surface area contributed by atoms with Gasteiger partial charge in [-0.05, 0) is 23.5 Å². The summed E-state index contributed by atoms with van der Waals surface area (Å²) in [6.07, 6.45) is 2.70. The van der Waals surface area contributed by atoms with Crippen LogP contribution in [0.15, 0.2) is 66.9 Å². The normalized spacial score (nSPS) is 16.9. The standard InChI is InChI=1S/C26H29N3O4/c1-18(2)25-26(33)29(23(15-28(25)19(3)31)21-12-8-5-9-13-21)16-24(32)27-22(17-30)14-20-10-6-4-7-11-20/h4-13,15,17-18,22,25H,14,16H2,1-3H3,(H,27,32)/t22-,25?/m1/s1. The van der Waals surface area contributed by atoms with Crippen molar-refractivity contribution in [2.45, 2.75) is 39.3 Å². The molecule has 1 aliphatic heterocycles. The number of hydrogen-bond acceptors (Lipinski definition) is 4. The van der Waals surface area contributed by atoms with Crippen LogP contribution >= 0.6 is 0 Å². The van der Waals surface area contributed by atoms with Crippen LogP contribution in [-0.4, -0.2) is 52.4 Å². The maximum Gasteiger partial charge on any atom is 0.250 e. The molecule has 7 nitrogen and oxygen atoms in total. The molecule has 0 aromatic heterocycles. The van der Waals surface area contributed by atoms with Gasteiger partial charge in [-0.1, -0.05) is 74.5 Å². The number of carbonyl (C=O) groups is 4. The van der Waals surface area contributed by atoms with Crippen molar-refractivity contribution in [3.63, 3.8) is 0 Å². The summed E-state index contributed by atoms with van der Waals surface area (Å²) in [6.45, 7) is 4.89. The third-order valence-electron chi connectivity index (χ3n) is 5.55. The monoisotopic (exact) mass is 447 g/mol. The SMILES string of the molecule is CC(=O)N1C=C(c2ccccc2)N(CC(=O)N[C@@H](C=O)Cc2ccccc2)C(=O)C1C(C)C. The average Bonchev–Trinajstić information content (AvgIpc) is 2.80. The van der Waals surface area contributed by atoms with Gasteiger partial charge in [-0.25, -0.2) is 0 Å². The van der Waals surface area contributed by atoms with E-state index in [2.05, 4.69) is 5.32 Å². The van der Waals surface area contributed by atoms with Crippen LogP contribution in [0.5, 0.6) is 0 Å². The van der Waals surface area contributed by atoms with E-state index in [1.807, 2.05) is 74.5 Å². The van der Waals surface area contributed by atoms with Gasteiger partial charge in [0.2, 0.25) is 11.8 Å². The highest BCUT2D eigenvalue weighted by Crippen LogP contribution is 2.29. The number of carbonyl (C=O) groups excluding carboxylic acids is 4. The Morgan fingerprint density at radius 3 is 2.18 bits per heavy atom. The van der Waals surface area contributed by atoms with Gasteiger partial charge in [-0.2, -0.15) is 0 Å². The zero-order chi connectivity index (χ0) is 24.0. The molecular weight excluding hydrogens is 418 g/mol. The molecule has 0 bridgehead atoms. The van der Waals surface area contributed by atoms with Crippen LogP contribution in [0.4, 0.5) is 0 Å². The molecule has 3 amide bonds. The fourth-order valence-electron chi connectivity index (χ4n) is 3.97. The lowest BCUT2D eigenvalue weighted by molar-refractivity contribution is -0.144. The maximum atomic E-state index is 13.5. The molecule has 1 heterocycles. The lowest BCUT2D eigenvalue weighted by Crippen LogP contribution is -2.56. The molecule has 0 aliphatic carbocycles. The van der Waals surface area contributed by atoms with E-state index in [9.17, 15) is 19.2 Å². The second-order valence-electron chi connectivity index (χ2n) is 8.42. The van der Waals surface area contributed by atoms with Crippen LogP contribution in [0.1, 0.15) is 31.9 Å². The predicted molar refractivity (Wildman–Crippen MR) is 125 cm³/mol. The molecule has 0 radical (unpaired) electrons. The lowest BCUT2D eigenvalue weighted by Gasteiger charge is -2.40. The number of nitrogens with zero attached hydrogens (tertiary/aromatic N) is 2. The Morgan fingerprint density at radius 1 is 1.03 bits per heavy atom. The van der Waals surface area contributed by atoms with E-state index >= 15 is 0 Å². The number of benzene rings is 2. The molecule has 7 heteroatoms. The molecule has 2 aromatic rings. The van der Waals surface area contributed by atoms with Gasteiger partial charge in [0.25, 0.3) is 5.91 Å². The molecule has 172 valence electrons. The Hall–Kier alpha value is -3.74. The molecule has 3 rings (SSSR count). The lowest BCUT2D eigenvalue weighted by atomic mass is 9.97. The number of nitrogens with one attached hydrogen (secondary N) is 1. The zero-order valence-corrected chi connectivity index (χ0v) is 19.1. The van der Waals surface area contributed by atoms with Crippen molar-refractivity contribution in [1.29, 1.82) is 0 Å². The van der Waals surface area contributed by atoms with Crippen LogP contribution in [-0.2, 0) is 25.6 Å². The predicted octanol–water partition coefficient (Wildman–Crippen LogP) is 2.63. The molecule has 2 aromatic carbocycles. The Labute approximate surface area is 194 Å². The van der Waals surface area contributed by atoms with Crippen molar-refractivity contribution < 1.29 is 19.2 Å². The minimum Gasteiger partial charge on any atom is -0.345 e. The Balaban J connectivity index is 1.87. The first-order valence-electron chi connectivity index (χ1n) is 11.0. The smallest absolute Gasteiger partial charge is 0.250 e. The zero-order valence-electron chi connectivity index (χ0n) is 19.1. The highest BCUT2D eigenvalue weighted by atomic mass is 16.2.